The van der Waals surface area contributed by atoms with Crippen LogP contribution < -0.4 is 5.32 Å². The topological polar surface area (TPSA) is 99.1 Å². The molecule has 17 heavy (non-hydrogen) atoms. The number of hydrogen-bond acceptors (Lipinski definition) is 4. The van der Waals surface area contributed by atoms with Crippen molar-refractivity contribution in [3.63, 3.8) is 0 Å². The number of methoxy groups -OCH3 is 1. The second-order valence-corrected chi connectivity index (χ2v) is 3.94. The van der Waals surface area contributed by atoms with Gasteiger partial charge in [-0.15, -0.1) is 0 Å². The SMILES string of the molecule is COC1CCN(C(=O)N[C@@H](CCO)C(=O)O)C1. The zero-order valence-corrected chi connectivity index (χ0v) is 9.76. The van der Waals surface area contributed by atoms with Crippen molar-refractivity contribution in [2.75, 3.05) is 26.8 Å². The number of ether oxygens (including phenoxy) is 1. The van der Waals surface area contributed by atoms with Gasteiger partial charge in [-0.05, 0) is 6.42 Å². The molecule has 1 aliphatic rings. The number of amides is 2. The predicted molar refractivity (Wildman–Crippen MR) is 58.6 cm³/mol. The number of aliphatic hydroxyl groups is 1. The summed E-state index contributed by atoms with van der Waals surface area (Å²) in [6, 6.07) is -1.47. The van der Waals surface area contributed by atoms with Crippen LogP contribution in [0.25, 0.3) is 0 Å². The molecular weight excluding hydrogens is 228 g/mol. The molecule has 1 fully saturated rings. The molecule has 1 unspecified atom stereocenters. The van der Waals surface area contributed by atoms with Crippen molar-refractivity contribution in [1.82, 2.24) is 10.2 Å². The number of urea groups is 1. The second kappa shape index (κ2) is 6.41. The first kappa shape index (κ1) is 13.7. The maximum absolute atomic E-state index is 11.7. The van der Waals surface area contributed by atoms with Gasteiger partial charge in [0.15, 0.2) is 0 Å². The summed E-state index contributed by atoms with van der Waals surface area (Å²) in [5.41, 5.74) is 0. The Morgan fingerprint density at radius 1 is 1.59 bits per heavy atom. The highest BCUT2D eigenvalue weighted by molar-refractivity contribution is 5.82. The number of carboxylic acids is 1. The number of likely N-dealkylation sites (tertiary alicyclic amines) is 1. The van der Waals surface area contributed by atoms with Gasteiger partial charge in [0.25, 0.3) is 0 Å². The van der Waals surface area contributed by atoms with Gasteiger partial charge in [0, 0.05) is 33.2 Å². The molecule has 0 aliphatic carbocycles. The average molecular weight is 246 g/mol. The summed E-state index contributed by atoms with van der Waals surface area (Å²) >= 11 is 0. The van der Waals surface area contributed by atoms with E-state index in [1.165, 1.54) is 4.90 Å². The van der Waals surface area contributed by atoms with Crippen molar-refractivity contribution in [1.29, 1.82) is 0 Å². The van der Waals surface area contributed by atoms with Crippen LogP contribution in [0.5, 0.6) is 0 Å². The minimum absolute atomic E-state index is 0.00260. The number of aliphatic carboxylic acids is 1. The van der Waals surface area contributed by atoms with E-state index in [4.69, 9.17) is 14.9 Å². The van der Waals surface area contributed by atoms with Crippen molar-refractivity contribution in [2.24, 2.45) is 0 Å². The van der Waals surface area contributed by atoms with Crippen LogP contribution in [0.3, 0.4) is 0 Å². The van der Waals surface area contributed by atoms with Crippen molar-refractivity contribution < 1.29 is 24.5 Å². The zero-order valence-electron chi connectivity index (χ0n) is 9.76. The molecule has 0 bridgehead atoms. The van der Waals surface area contributed by atoms with Gasteiger partial charge in [-0.25, -0.2) is 9.59 Å². The molecule has 1 aliphatic heterocycles. The number of carbonyl (C=O) groups is 2. The molecule has 0 saturated carbocycles. The number of rotatable bonds is 5. The first-order chi connectivity index (χ1) is 8.08. The summed E-state index contributed by atoms with van der Waals surface area (Å²) in [6.45, 7) is 0.738. The summed E-state index contributed by atoms with van der Waals surface area (Å²) in [7, 11) is 1.58. The Bertz CT molecular complexity index is 284. The van der Waals surface area contributed by atoms with E-state index in [1.54, 1.807) is 7.11 Å². The molecule has 0 aromatic rings. The molecule has 3 N–H and O–H groups in total. The number of nitrogens with one attached hydrogen (secondary N) is 1. The lowest BCUT2D eigenvalue weighted by molar-refractivity contribution is -0.139. The van der Waals surface area contributed by atoms with Crippen molar-refractivity contribution in [3.8, 4) is 0 Å². The quantitative estimate of drug-likeness (QED) is 0.593. The third-order valence-electron chi connectivity index (χ3n) is 2.78. The maximum Gasteiger partial charge on any atom is 0.326 e. The molecular formula is C10H18N2O5. The van der Waals surface area contributed by atoms with Gasteiger partial charge in [0.1, 0.15) is 6.04 Å². The lowest BCUT2D eigenvalue weighted by atomic mass is 10.2. The fraction of sp³-hybridized carbons (Fsp3) is 0.800. The number of hydrogen-bond donors (Lipinski definition) is 3. The van der Waals surface area contributed by atoms with Crippen LogP contribution in [0.2, 0.25) is 0 Å². The highest BCUT2D eigenvalue weighted by Crippen LogP contribution is 2.11. The molecule has 7 nitrogen and oxygen atoms in total. The van der Waals surface area contributed by atoms with Crippen molar-refractivity contribution in [3.05, 3.63) is 0 Å². The molecule has 0 radical (unpaired) electrons. The summed E-state index contributed by atoms with van der Waals surface area (Å²) in [6.07, 6.45) is 0.770. The number of carboxylic acid groups (broad SMARTS) is 1. The van der Waals surface area contributed by atoms with Gasteiger partial charge in [-0.3, -0.25) is 0 Å². The van der Waals surface area contributed by atoms with Gasteiger partial charge in [-0.1, -0.05) is 0 Å². The van der Waals surface area contributed by atoms with Crippen LogP contribution in [-0.2, 0) is 9.53 Å². The number of carbonyl (C=O) groups excluding carboxylic acids is 1. The highest BCUT2D eigenvalue weighted by atomic mass is 16.5. The Hall–Kier alpha value is -1.34. The van der Waals surface area contributed by atoms with Gasteiger partial charge >= 0.3 is 12.0 Å². The van der Waals surface area contributed by atoms with E-state index >= 15 is 0 Å². The van der Waals surface area contributed by atoms with Crippen LogP contribution in [0.4, 0.5) is 4.79 Å². The standard InChI is InChI=1S/C10H18N2O5/c1-17-7-2-4-12(6-7)10(16)11-8(3-5-13)9(14)15/h7-8,13H,2-6H2,1H3,(H,11,16)(H,14,15)/t7?,8-/m0/s1. The largest absolute Gasteiger partial charge is 0.480 e. The van der Waals surface area contributed by atoms with E-state index in [9.17, 15) is 9.59 Å². The van der Waals surface area contributed by atoms with Crippen LogP contribution >= 0.6 is 0 Å². The second-order valence-electron chi connectivity index (χ2n) is 3.94. The monoisotopic (exact) mass is 246 g/mol. The third-order valence-corrected chi connectivity index (χ3v) is 2.78. The Kier molecular flexibility index (Phi) is 5.17. The summed E-state index contributed by atoms with van der Waals surface area (Å²) in [4.78, 5) is 24.0. The zero-order chi connectivity index (χ0) is 12.8. The smallest absolute Gasteiger partial charge is 0.326 e. The first-order valence-electron chi connectivity index (χ1n) is 5.50. The van der Waals surface area contributed by atoms with Crippen LogP contribution in [0.15, 0.2) is 0 Å². The van der Waals surface area contributed by atoms with Gasteiger partial charge in [0.2, 0.25) is 0 Å². The summed E-state index contributed by atoms with van der Waals surface area (Å²) in [5, 5.41) is 19.9. The normalized spacial score (nSPS) is 21.3. The number of aliphatic hydroxyl groups excluding tert-OH is 1. The molecule has 7 heteroatoms. The lowest BCUT2D eigenvalue weighted by Gasteiger charge is -2.20. The number of nitrogens with zero attached hydrogens (tertiary/aromatic N) is 1. The summed E-state index contributed by atoms with van der Waals surface area (Å²) in [5.74, 6) is -1.14. The van der Waals surface area contributed by atoms with Crippen molar-refractivity contribution in [2.45, 2.75) is 25.0 Å². The fourth-order valence-corrected chi connectivity index (χ4v) is 1.73. The van der Waals surface area contributed by atoms with E-state index in [0.29, 0.717) is 13.1 Å². The minimum atomic E-state index is -1.14. The van der Waals surface area contributed by atoms with Crippen molar-refractivity contribution >= 4 is 12.0 Å². The molecule has 1 rings (SSSR count). The third kappa shape index (κ3) is 3.86. The molecule has 1 heterocycles. The van der Waals surface area contributed by atoms with Gasteiger partial charge in [-0.2, -0.15) is 0 Å². The predicted octanol–water partition coefficient (Wildman–Crippen LogP) is -0.748. The van der Waals surface area contributed by atoms with E-state index in [0.717, 1.165) is 6.42 Å². The molecule has 2 amide bonds. The van der Waals surface area contributed by atoms with E-state index in [2.05, 4.69) is 5.32 Å². The van der Waals surface area contributed by atoms with E-state index in [1.807, 2.05) is 0 Å². The molecule has 1 saturated heterocycles. The van der Waals surface area contributed by atoms with E-state index < -0.39 is 18.0 Å². The van der Waals surface area contributed by atoms with Crippen LogP contribution in [0, 0.1) is 0 Å². The summed E-state index contributed by atoms with van der Waals surface area (Å²) < 4.78 is 5.11. The average Bonchev–Trinajstić information content (AvgIpc) is 2.76. The van der Waals surface area contributed by atoms with E-state index in [-0.39, 0.29) is 19.1 Å². The minimum Gasteiger partial charge on any atom is -0.480 e. The molecule has 2 atom stereocenters. The molecule has 0 aromatic carbocycles. The first-order valence-corrected chi connectivity index (χ1v) is 5.50. The Balaban J connectivity index is 2.45. The Labute approximate surface area is 99.4 Å². The molecule has 98 valence electrons. The Morgan fingerprint density at radius 3 is 2.76 bits per heavy atom. The fourth-order valence-electron chi connectivity index (χ4n) is 1.73. The van der Waals surface area contributed by atoms with Gasteiger partial charge in [0.05, 0.1) is 6.10 Å². The Morgan fingerprint density at radius 2 is 2.29 bits per heavy atom. The molecule has 0 spiro atoms. The van der Waals surface area contributed by atoms with Crippen LogP contribution in [0.1, 0.15) is 12.8 Å². The molecule has 0 aromatic heterocycles. The van der Waals surface area contributed by atoms with Gasteiger partial charge < -0.3 is 25.2 Å². The lowest BCUT2D eigenvalue weighted by Crippen LogP contribution is -2.47. The highest BCUT2D eigenvalue weighted by Gasteiger charge is 2.28. The van der Waals surface area contributed by atoms with Crippen LogP contribution in [-0.4, -0.2) is 66.1 Å². The maximum atomic E-state index is 11.7.